The molecule has 0 unspecified atom stereocenters. The lowest BCUT2D eigenvalue weighted by atomic mass is 9.93. The van der Waals surface area contributed by atoms with Crippen LogP contribution in [0.4, 0.5) is 0 Å². The zero-order chi connectivity index (χ0) is 26.8. The van der Waals surface area contributed by atoms with Crippen LogP contribution >= 0.6 is 0 Å². The summed E-state index contributed by atoms with van der Waals surface area (Å²) in [6.45, 7) is 2.22. The molecule has 1 aliphatic rings. The molecule has 0 aromatic heterocycles. The molecule has 0 bridgehead atoms. The Labute approximate surface area is 218 Å². The van der Waals surface area contributed by atoms with E-state index in [0.29, 0.717) is 12.0 Å². The van der Waals surface area contributed by atoms with Crippen molar-refractivity contribution in [2.45, 2.75) is 103 Å². The summed E-state index contributed by atoms with van der Waals surface area (Å²) in [4.78, 5) is 12.7. The molecule has 2 atom stereocenters. The molecule has 2 aromatic rings. The van der Waals surface area contributed by atoms with Gasteiger partial charge >= 0.3 is 5.97 Å². The molecule has 204 valence electrons. The van der Waals surface area contributed by atoms with Crippen molar-refractivity contribution in [2.75, 3.05) is 0 Å². The number of phenolic OH excluding ortho intramolecular Hbond substituents is 5. The lowest BCUT2D eigenvalue weighted by Crippen LogP contribution is -2.34. The van der Waals surface area contributed by atoms with Gasteiger partial charge in [-0.15, -0.1) is 0 Å². The number of fused-ring (bicyclic) bond motifs is 1. The minimum Gasteiger partial charge on any atom is -0.508 e. The fourth-order valence-electron chi connectivity index (χ4n) is 4.78. The van der Waals surface area contributed by atoms with Crippen LogP contribution in [0.5, 0.6) is 34.5 Å². The van der Waals surface area contributed by atoms with Crippen molar-refractivity contribution in [1.82, 2.24) is 0 Å². The largest absolute Gasteiger partial charge is 0.508 e. The maximum atomic E-state index is 12.7. The van der Waals surface area contributed by atoms with Crippen molar-refractivity contribution in [3.05, 3.63) is 35.4 Å². The van der Waals surface area contributed by atoms with Crippen LogP contribution in [-0.4, -0.2) is 37.6 Å². The van der Waals surface area contributed by atoms with Gasteiger partial charge < -0.3 is 35.0 Å². The van der Waals surface area contributed by atoms with Gasteiger partial charge in [-0.3, -0.25) is 4.79 Å². The zero-order valence-electron chi connectivity index (χ0n) is 21.6. The first kappa shape index (κ1) is 28.3. The Bertz CT molecular complexity index is 1010. The first-order chi connectivity index (χ1) is 17.8. The highest BCUT2D eigenvalue weighted by atomic mass is 16.6. The number of unbranched alkanes of at least 4 members (excludes halogenated alkanes) is 10. The third-order valence-electron chi connectivity index (χ3n) is 6.85. The molecule has 8 nitrogen and oxygen atoms in total. The highest BCUT2D eigenvalue weighted by Gasteiger charge is 2.37. The van der Waals surface area contributed by atoms with Crippen LogP contribution in [0.25, 0.3) is 0 Å². The molecule has 8 heteroatoms. The highest BCUT2D eigenvalue weighted by Crippen LogP contribution is 2.45. The van der Waals surface area contributed by atoms with E-state index < -0.39 is 35.4 Å². The Kier molecular flexibility index (Phi) is 10.6. The summed E-state index contributed by atoms with van der Waals surface area (Å²) in [6.07, 6.45) is 11.5. The molecule has 0 amide bonds. The van der Waals surface area contributed by atoms with E-state index in [9.17, 15) is 30.3 Å². The number of rotatable bonds is 14. The molecule has 0 fully saturated rings. The number of carbonyl (C=O) groups excluding carboxylic acids is 1. The molecular formula is C29H40O8. The van der Waals surface area contributed by atoms with Crippen molar-refractivity contribution in [2.24, 2.45) is 0 Å². The van der Waals surface area contributed by atoms with E-state index in [4.69, 9.17) is 9.47 Å². The molecule has 0 aliphatic carbocycles. The number of ether oxygens (including phenoxy) is 2. The van der Waals surface area contributed by atoms with Crippen molar-refractivity contribution < 1.29 is 39.8 Å². The number of carbonyl (C=O) groups is 1. The first-order valence-corrected chi connectivity index (χ1v) is 13.5. The van der Waals surface area contributed by atoms with E-state index in [-0.39, 0.29) is 35.7 Å². The minimum absolute atomic E-state index is 0.110. The Hall–Kier alpha value is -3.29. The Balaban J connectivity index is 1.54. The molecule has 1 heterocycles. The molecule has 2 aromatic carbocycles. The van der Waals surface area contributed by atoms with Crippen LogP contribution in [0.3, 0.4) is 0 Å². The van der Waals surface area contributed by atoms with Crippen molar-refractivity contribution in [3.63, 3.8) is 0 Å². The van der Waals surface area contributed by atoms with Gasteiger partial charge in [0.2, 0.25) is 0 Å². The highest BCUT2D eigenvalue weighted by molar-refractivity contribution is 5.70. The smallest absolute Gasteiger partial charge is 0.306 e. The molecule has 1 aliphatic heterocycles. The van der Waals surface area contributed by atoms with Gasteiger partial charge in [0.1, 0.15) is 23.4 Å². The van der Waals surface area contributed by atoms with Crippen LogP contribution in [0, 0.1) is 0 Å². The molecule has 0 spiro atoms. The fraction of sp³-hybridized carbons (Fsp3) is 0.552. The Morgan fingerprint density at radius 2 is 1.38 bits per heavy atom. The van der Waals surface area contributed by atoms with Gasteiger partial charge in [0.05, 0.1) is 0 Å². The second-order valence-electron chi connectivity index (χ2n) is 9.91. The van der Waals surface area contributed by atoms with Crippen molar-refractivity contribution in [1.29, 1.82) is 0 Å². The van der Waals surface area contributed by atoms with E-state index >= 15 is 0 Å². The normalized spacial score (nSPS) is 16.7. The van der Waals surface area contributed by atoms with Crippen LogP contribution < -0.4 is 4.74 Å². The summed E-state index contributed by atoms with van der Waals surface area (Å²) < 4.78 is 11.7. The van der Waals surface area contributed by atoms with Crippen LogP contribution in [0.1, 0.15) is 101 Å². The van der Waals surface area contributed by atoms with Crippen molar-refractivity contribution in [3.8, 4) is 34.5 Å². The quantitative estimate of drug-likeness (QED) is 0.109. The lowest BCUT2D eigenvalue weighted by Gasteiger charge is -2.34. The average Bonchev–Trinajstić information content (AvgIpc) is 2.85. The number of esters is 1. The summed E-state index contributed by atoms with van der Waals surface area (Å²) >= 11 is 0. The SMILES string of the molecule is CCCCCCCCCCCCCC(=O)O[C@@H]1Cc2c(O)cc(O)cc2O[C@@H]1c1cc(O)c(O)c(O)c1. The molecule has 5 N–H and O–H groups in total. The van der Waals surface area contributed by atoms with Crippen molar-refractivity contribution >= 4 is 5.97 Å². The van der Waals surface area contributed by atoms with Gasteiger partial charge in [-0.1, -0.05) is 71.1 Å². The van der Waals surface area contributed by atoms with E-state index in [0.717, 1.165) is 19.3 Å². The van der Waals surface area contributed by atoms with Gasteiger partial charge in [-0.25, -0.2) is 0 Å². The predicted molar refractivity (Wildman–Crippen MR) is 139 cm³/mol. The molecule has 0 saturated heterocycles. The fourth-order valence-corrected chi connectivity index (χ4v) is 4.78. The van der Waals surface area contributed by atoms with Crippen LogP contribution in [0.15, 0.2) is 24.3 Å². The maximum Gasteiger partial charge on any atom is 0.306 e. The summed E-state index contributed by atoms with van der Waals surface area (Å²) in [6, 6.07) is 4.96. The van der Waals surface area contributed by atoms with Gasteiger partial charge in [0.25, 0.3) is 0 Å². The second kappa shape index (κ2) is 13.9. The molecular weight excluding hydrogens is 476 g/mol. The zero-order valence-corrected chi connectivity index (χ0v) is 21.6. The van der Waals surface area contributed by atoms with E-state index in [2.05, 4.69) is 6.92 Å². The third-order valence-corrected chi connectivity index (χ3v) is 6.85. The number of benzene rings is 2. The van der Waals surface area contributed by atoms with E-state index in [1.807, 2.05) is 0 Å². The van der Waals surface area contributed by atoms with Gasteiger partial charge in [0, 0.05) is 36.1 Å². The summed E-state index contributed by atoms with van der Waals surface area (Å²) in [5, 5.41) is 49.8. The van der Waals surface area contributed by atoms with E-state index in [1.165, 1.54) is 69.2 Å². The average molecular weight is 517 g/mol. The standard InChI is InChI=1S/C29H40O8/c1-2-3-4-5-6-7-8-9-10-11-12-13-27(34)36-26-18-21-22(31)16-20(30)17-25(21)37-29(26)19-14-23(32)28(35)24(33)15-19/h14-17,26,29-33,35H,2-13,18H2,1H3/t26-,29-/m1/s1. The second-order valence-corrected chi connectivity index (χ2v) is 9.91. The summed E-state index contributed by atoms with van der Waals surface area (Å²) in [5.74, 6) is -2.34. The molecule has 37 heavy (non-hydrogen) atoms. The van der Waals surface area contributed by atoms with Gasteiger partial charge in [-0.2, -0.15) is 0 Å². The summed E-state index contributed by atoms with van der Waals surface area (Å²) in [5.41, 5.74) is 0.655. The van der Waals surface area contributed by atoms with Gasteiger partial charge in [-0.05, 0) is 18.6 Å². The minimum atomic E-state index is -0.938. The predicted octanol–water partition coefficient (Wildman–Crippen LogP) is 6.50. The number of hydrogen-bond acceptors (Lipinski definition) is 8. The topological polar surface area (TPSA) is 137 Å². The van der Waals surface area contributed by atoms with Crippen LogP contribution in [-0.2, 0) is 16.0 Å². The van der Waals surface area contributed by atoms with Crippen LogP contribution in [0.2, 0.25) is 0 Å². The van der Waals surface area contributed by atoms with E-state index in [1.54, 1.807) is 0 Å². The number of phenols is 5. The number of hydrogen-bond donors (Lipinski definition) is 5. The first-order valence-electron chi connectivity index (χ1n) is 13.5. The molecule has 0 saturated carbocycles. The Morgan fingerprint density at radius 1 is 0.811 bits per heavy atom. The monoisotopic (exact) mass is 516 g/mol. The molecule has 3 rings (SSSR count). The Morgan fingerprint density at radius 3 is 1.97 bits per heavy atom. The number of aromatic hydroxyl groups is 5. The third kappa shape index (κ3) is 8.10. The lowest BCUT2D eigenvalue weighted by molar-refractivity contribution is -0.155. The maximum absolute atomic E-state index is 12.7. The summed E-state index contributed by atoms with van der Waals surface area (Å²) in [7, 11) is 0. The molecule has 0 radical (unpaired) electrons. The van der Waals surface area contributed by atoms with Gasteiger partial charge in [0.15, 0.2) is 23.4 Å².